The molecule has 1 saturated carbocycles. The first kappa shape index (κ1) is 17.3. The van der Waals surface area contributed by atoms with Crippen LogP contribution in [0.3, 0.4) is 0 Å². The molecule has 4 unspecified atom stereocenters. The first-order chi connectivity index (χ1) is 9.99. The van der Waals surface area contributed by atoms with Crippen LogP contribution in [0.25, 0.3) is 0 Å². The summed E-state index contributed by atoms with van der Waals surface area (Å²) in [6, 6.07) is 2.20. The van der Waals surface area contributed by atoms with Crippen molar-refractivity contribution < 1.29 is 0 Å². The van der Waals surface area contributed by atoms with E-state index in [-0.39, 0.29) is 0 Å². The van der Waals surface area contributed by atoms with Crippen molar-refractivity contribution in [2.75, 3.05) is 13.1 Å². The molecule has 0 radical (unpaired) electrons. The Morgan fingerprint density at radius 2 is 1.81 bits per heavy atom. The molecule has 1 saturated heterocycles. The molecule has 2 fully saturated rings. The van der Waals surface area contributed by atoms with Crippen LogP contribution >= 0.6 is 0 Å². The van der Waals surface area contributed by atoms with Crippen LogP contribution < -0.4 is 5.32 Å². The molecular formula is C19H38N2. The maximum atomic E-state index is 3.76. The van der Waals surface area contributed by atoms with Crippen molar-refractivity contribution >= 4 is 0 Å². The number of hydrogen-bond acceptors (Lipinski definition) is 2. The van der Waals surface area contributed by atoms with E-state index in [2.05, 4.69) is 44.8 Å². The van der Waals surface area contributed by atoms with E-state index in [1.165, 1.54) is 51.6 Å². The van der Waals surface area contributed by atoms with Gasteiger partial charge in [-0.15, -0.1) is 0 Å². The second-order valence-corrected chi connectivity index (χ2v) is 8.33. The lowest BCUT2D eigenvalue weighted by Gasteiger charge is -2.47. The fraction of sp³-hybridized carbons (Fsp3) is 1.00. The van der Waals surface area contributed by atoms with Crippen molar-refractivity contribution in [3.05, 3.63) is 0 Å². The maximum absolute atomic E-state index is 3.76. The van der Waals surface area contributed by atoms with E-state index in [1.807, 2.05) is 0 Å². The Bertz CT molecular complexity index is 294. The second kappa shape index (κ2) is 7.97. The number of nitrogens with one attached hydrogen (secondary N) is 1. The van der Waals surface area contributed by atoms with Crippen LogP contribution in [0.2, 0.25) is 0 Å². The molecule has 0 aromatic heterocycles. The largest absolute Gasteiger partial charge is 0.313 e. The molecule has 1 aliphatic carbocycles. The van der Waals surface area contributed by atoms with Gasteiger partial charge < -0.3 is 5.32 Å². The van der Waals surface area contributed by atoms with Crippen LogP contribution in [-0.2, 0) is 0 Å². The highest BCUT2D eigenvalue weighted by atomic mass is 15.2. The number of hydrogen-bond donors (Lipinski definition) is 1. The summed E-state index contributed by atoms with van der Waals surface area (Å²) in [5, 5.41) is 3.76. The number of piperidine rings is 1. The van der Waals surface area contributed by atoms with Crippen molar-refractivity contribution in [1.82, 2.24) is 10.2 Å². The highest BCUT2D eigenvalue weighted by Crippen LogP contribution is 2.37. The Kier molecular flexibility index (Phi) is 6.55. The molecule has 4 atom stereocenters. The highest BCUT2D eigenvalue weighted by molar-refractivity contribution is 4.90. The van der Waals surface area contributed by atoms with Crippen molar-refractivity contribution in [3.63, 3.8) is 0 Å². The fourth-order valence-corrected chi connectivity index (χ4v) is 4.60. The van der Waals surface area contributed by atoms with Crippen LogP contribution in [0, 0.1) is 17.8 Å². The zero-order chi connectivity index (χ0) is 15.4. The standard InChI is InChI=1S/C19H38N2/c1-14(2)18-10-9-16(5)12-19(18)21(15(3)4)13-17-8-6-7-11-20-17/h14-20H,6-13H2,1-5H3. The second-order valence-electron chi connectivity index (χ2n) is 8.33. The van der Waals surface area contributed by atoms with Gasteiger partial charge in [-0.25, -0.2) is 0 Å². The molecule has 2 heteroatoms. The summed E-state index contributed by atoms with van der Waals surface area (Å²) >= 11 is 0. The third-order valence-electron chi connectivity index (χ3n) is 5.92. The smallest absolute Gasteiger partial charge is 0.0195 e. The summed E-state index contributed by atoms with van der Waals surface area (Å²) in [6.07, 6.45) is 8.44. The van der Waals surface area contributed by atoms with E-state index >= 15 is 0 Å². The Morgan fingerprint density at radius 1 is 1.05 bits per heavy atom. The number of rotatable bonds is 5. The van der Waals surface area contributed by atoms with Crippen LogP contribution in [0.15, 0.2) is 0 Å². The zero-order valence-electron chi connectivity index (χ0n) is 15.1. The summed E-state index contributed by atoms with van der Waals surface area (Å²) in [5.41, 5.74) is 0. The molecule has 0 aromatic rings. The first-order valence-corrected chi connectivity index (χ1v) is 9.48. The zero-order valence-corrected chi connectivity index (χ0v) is 15.1. The summed E-state index contributed by atoms with van der Waals surface area (Å²) < 4.78 is 0. The highest BCUT2D eigenvalue weighted by Gasteiger charge is 2.36. The lowest BCUT2D eigenvalue weighted by atomic mass is 9.73. The van der Waals surface area contributed by atoms with Crippen molar-refractivity contribution in [2.24, 2.45) is 17.8 Å². The minimum absolute atomic E-state index is 0.672. The van der Waals surface area contributed by atoms with Gasteiger partial charge in [-0.05, 0) is 63.8 Å². The molecule has 2 rings (SSSR count). The molecule has 1 aliphatic heterocycles. The summed E-state index contributed by atoms with van der Waals surface area (Å²) in [5.74, 6) is 2.63. The van der Waals surface area contributed by atoms with Gasteiger partial charge in [0.05, 0.1) is 0 Å². The fourth-order valence-electron chi connectivity index (χ4n) is 4.60. The van der Waals surface area contributed by atoms with Gasteiger partial charge >= 0.3 is 0 Å². The molecule has 2 nitrogen and oxygen atoms in total. The molecule has 124 valence electrons. The summed E-state index contributed by atoms with van der Waals surface area (Å²) in [6.45, 7) is 14.6. The SMILES string of the molecule is CC1CCC(C(C)C)C(N(CC2CCCCN2)C(C)C)C1. The lowest BCUT2D eigenvalue weighted by Crippen LogP contribution is -2.54. The van der Waals surface area contributed by atoms with E-state index in [0.717, 1.165) is 29.8 Å². The quantitative estimate of drug-likeness (QED) is 0.813. The van der Waals surface area contributed by atoms with Gasteiger partial charge in [0.15, 0.2) is 0 Å². The lowest BCUT2D eigenvalue weighted by molar-refractivity contribution is 0.0291. The van der Waals surface area contributed by atoms with Crippen LogP contribution in [-0.4, -0.2) is 36.1 Å². The average Bonchev–Trinajstić information content (AvgIpc) is 2.45. The molecule has 0 aromatic carbocycles. The van der Waals surface area contributed by atoms with Gasteiger partial charge in [-0.3, -0.25) is 4.90 Å². The maximum Gasteiger partial charge on any atom is 0.0195 e. The van der Waals surface area contributed by atoms with Crippen LogP contribution in [0.5, 0.6) is 0 Å². The Hall–Kier alpha value is -0.0800. The third kappa shape index (κ3) is 4.69. The van der Waals surface area contributed by atoms with Crippen LogP contribution in [0.4, 0.5) is 0 Å². The third-order valence-corrected chi connectivity index (χ3v) is 5.92. The molecule has 2 aliphatic rings. The molecule has 0 spiro atoms. The summed E-state index contributed by atoms with van der Waals surface area (Å²) in [7, 11) is 0. The van der Waals surface area contributed by atoms with Crippen LogP contribution in [0.1, 0.15) is 73.1 Å². The van der Waals surface area contributed by atoms with Crippen molar-refractivity contribution in [2.45, 2.75) is 91.3 Å². The van der Waals surface area contributed by atoms with Gasteiger partial charge in [0.25, 0.3) is 0 Å². The van der Waals surface area contributed by atoms with Gasteiger partial charge in [0.2, 0.25) is 0 Å². The molecule has 1 N–H and O–H groups in total. The molecule has 0 bridgehead atoms. The van der Waals surface area contributed by atoms with E-state index in [9.17, 15) is 0 Å². The molecule has 21 heavy (non-hydrogen) atoms. The monoisotopic (exact) mass is 294 g/mol. The van der Waals surface area contributed by atoms with Gasteiger partial charge in [0, 0.05) is 24.7 Å². The molecular weight excluding hydrogens is 256 g/mol. The van der Waals surface area contributed by atoms with E-state index in [4.69, 9.17) is 0 Å². The predicted octanol–water partition coefficient (Wildman–Crippen LogP) is 4.30. The average molecular weight is 295 g/mol. The van der Waals surface area contributed by atoms with Crippen molar-refractivity contribution in [3.8, 4) is 0 Å². The normalized spacial score (nSPS) is 34.9. The van der Waals surface area contributed by atoms with E-state index < -0.39 is 0 Å². The molecule has 1 heterocycles. The Morgan fingerprint density at radius 3 is 2.38 bits per heavy atom. The van der Waals surface area contributed by atoms with E-state index in [1.54, 1.807) is 0 Å². The molecule has 0 amide bonds. The Labute approximate surface area is 133 Å². The topological polar surface area (TPSA) is 15.3 Å². The summed E-state index contributed by atoms with van der Waals surface area (Å²) in [4.78, 5) is 2.85. The minimum Gasteiger partial charge on any atom is -0.313 e. The minimum atomic E-state index is 0.672. The van der Waals surface area contributed by atoms with E-state index in [0.29, 0.717) is 6.04 Å². The van der Waals surface area contributed by atoms with Gasteiger partial charge in [-0.1, -0.05) is 33.6 Å². The predicted molar refractivity (Wildman–Crippen MR) is 92.6 cm³/mol. The van der Waals surface area contributed by atoms with Gasteiger partial charge in [0.1, 0.15) is 0 Å². The van der Waals surface area contributed by atoms with Gasteiger partial charge in [-0.2, -0.15) is 0 Å². The van der Waals surface area contributed by atoms with Crippen molar-refractivity contribution in [1.29, 1.82) is 0 Å². The number of nitrogens with zero attached hydrogens (tertiary/aromatic N) is 1. The first-order valence-electron chi connectivity index (χ1n) is 9.48. The Balaban J connectivity index is 2.06.